The van der Waals surface area contributed by atoms with Crippen molar-refractivity contribution in [2.24, 2.45) is 11.8 Å². The first-order valence-corrected chi connectivity index (χ1v) is 8.55. The van der Waals surface area contributed by atoms with Gasteiger partial charge in [0.1, 0.15) is 18.1 Å². The Morgan fingerprint density at radius 2 is 1.65 bits per heavy atom. The molecule has 2 N–H and O–H groups in total. The summed E-state index contributed by atoms with van der Waals surface area (Å²) in [4.78, 5) is 41.4. The minimum absolute atomic E-state index is 0.191. The zero-order chi connectivity index (χ0) is 19.7. The Balaban J connectivity index is 2.51. The predicted molar refractivity (Wildman–Crippen MR) is 96.6 cm³/mol. The number of rotatable bonds is 8. The maximum atomic E-state index is 12.3. The lowest BCUT2D eigenvalue weighted by Crippen LogP contribution is -2.45. The molecule has 1 atom stereocenters. The average Bonchev–Trinajstić information content (AvgIpc) is 2.52. The normalized spacial score (nSPS) is 12.4. The number of benzene rings is 1. The van der Waals surface area contributed by atoms with Crippen LogP contribution in [0.25, 0.3) is 0 Å². The highest BCUT2D eigenvalue weighted by molar-refractivity contribution is 6.01. The molecule has 0 aromatic heterocycles. The van der Waals surface area contributed by atoms with Gasteiger partial charge < -0.3 is 10.1 Å². The third-order valence-electron chi connectivity index (χ3n) is 3.31. The molecule has 0 heterocycles. The Morgan fingerprint density at radius 1 is 1.04 bits per heavy atom. The van der Waals surface area contributed by atoms with Crippen molar-refractivity contribution in [2.45, 2.75) is 46.8 Å². The lowest BCUT2D eigenvalue weighted by molar-refractivity contribution is -0.156. The summed E-state index contributed by atoms with van der Waals surface area (Å²) in [6.07, 6.45) is 0. The van der Waals surface area contributed by atoms with E-state index in [0.717, 1.165) is 5.56 Å². The van der Waals surface area contributed by atoms with Gasteiger partial charge in [-0.25, -0.2) is 5.48 Å². The highest BCUT2D eigenvalue weighted by Crippen LogP contribution is 2.12. The molecule has 0 bridgehead atoms. The van der Waals surface area contributed by atoms with Gasteiger partial charge in [-0.3, -0.25) is 19.2 Å². The first-order chi connectivity index (χ1) is 12.1. The van der Waals surface area contributed by atoms with Crippen LogP contribution in [-0.4, -0.2) is 29.9 Å². The van der Waals surface area contributed by atoms with Crippen molar-refractivity contribution < 1.29 is 24.0 Å². The van der Waals surface area contributed by atoms with Crippen molar-refractivity contribution in [3.63, 3.8) is 0 Å². The third kappa shape index (κ3) is 8.11. The molecule has 26 heavy (non-hydrogen) atoms. The van der Waals surface area contributed by atoms with Crippen LogP contribution in [0.1, 0.15) is 40.2 Å². The van der Waals surface area contributed by atoms with E-state index in [4.69, 9.17) is 9.57 Å². The Labute approximate surface area is 154 Å². The summed E-state index contributed by atoms with van der Waals surface area (Å²) in [5.74, 6) is -2.92. The van der Waals surface area contributed by atoms with Crippen molar-refractivity contribution >= 4 is 17.8 Å². The summed E-state index contributed by atoms with van der Waals surface area (Å²) in [5.41, 5.74) is 2.56. The Morgan fingerprint density at radius 3 is 2.19 bits per heavy atom. The molecule has 1 aromatic carbocycles. The number of carbonyl (C=O) groups is 3. The van der Waals surface area contributed by atoms with E-state index >= 15 is 0 Å². The highest BCUT2D eigenvalue weighted by Gasteiger charge is 2.30. The molecule has 0 saturated heterocycles. The fourth-order valence-corrected chi connectivity index (χ4v) is 2.20. The van der Waals surface area contributed by atoms with Crippen molar-refractivity contribution in [1.82, 2.24) is 10.8 Å². The van der Waals surface area contributed by atoms with Crippen molar-refractivity contribution in [3.05, 3.63) is 35.9 Å². The number of amides is 2. The van der Waals surface area contributed by atoms with E-state index < -0.39 is 29.3 Å². The maximum Gasteiger partial charge on any atom is 0.325 e. The summed E-state index contributed by atoms with van der Waals surface area (Å²) >= 11 is 0. The van der Waals surface area contributed by atoms with E-state index in [-0.39, 0.29) is 19.1 Å². The lowest BCUT2D eigenvalue weighted by Gasteiger charge is -2.21. The zero-order valence-corrected chi connectivity index (χ0v) is 16.0. The van der Waals surface area contributed by atoms with Gasteiger partial charge in [-0.2, -0.15) is 0 Å². The van der Waals surface area contributed by atoms with Crippen LogP contribution < -0.4 is 10.8 Å². The minimum Gasteiger partial charge on any atom is -0.459 e. The quantitative estimate of drug-likeness (QED) is 0.418. The molecule has 0 aliphatic heterocycles. The van der Waals surface area contributed by atoms with Gasteiger partial charge in [-0.05, 0) is 32.3 Å². The molecular weight excluding hydrogens is 336 g/mol. The van der Waals surface area contributed by atoms with Crippen LogP contribution in [-0.2, 0) is 30.6 Å². The summed E-state index contributed by atoms with van der Waals surface area (Å²) in [5, 5.41) is 2.45. The third-order valence-corrected chi connectivity index (χ3v) is 3.31. The summed E-state index contributed by atoms with van der Waals surface area (Å²) < 4.78 is 5.12. The number of ether oxygens (including phenoxy) is 1. The molecule has 0 aliphatic rings. The minimum atomic E-state index is -0.979. The second-order valence-corrected chi connectivity index (χ2v) is 7.27. The molecule has 0 saturated carbocycles. The van der Waals surface area contributed by atoms with Gasteiger partial charge in [-0.1, -0.05) is 44.2 Å². The molecule has 1 aromatic rings. The molecule has 144 valence electrons. The van der Waals surface area contributed by atoms with Crippen LogP contribution in [0.5, 0.6) is 0 Å². The van der Waals surface area contributed by atoms with Crippen molar-refractivity contribution in [3.8, 4) is 0 Å². The molecule has 1 unspecified atom stereocenters. The van der Waals surface area contributed by atoms with E-state index in [1.165, 1.54) is 0 Å². The summed E-state index contributed by atoms with van der Waals surface area (Å²) in [7, 11) is 0. The molecule has 7 heteroatoms. The number of hydrogen-bond donors (Lipinski definition) is 2. The highest BCUT2D eigenvalue weighted by atomic mass is 16.6. The number of carbonyl (C=O) groups excluding carboxylic acids is 3. The maximum absolute atomic E-state index is 12.3. The molecular formula is C19H28N2O5. The summed E-state index contributed by atoms with van der Waals surface area (Å²) in [6, 6.07) is 9.33. The number of nitrogens with one attached hydrogen (secondary N) is 2. The van der Waals surface area contributed by atoms with Gasteiger partial charge in [0.15, 0.2) is 0 Å². The van der Waals surface area contributed by atoms with Gasteiger partial charge in [-0.15, -0.1) is 0 Å². The lowest BCUT2D eigenvalue weighted by atomic mass is 9.94. The van der Waals surface area contributed by atoms with Crippen LogP contribution in [0.3, 0.4) is 0 Å². The molecule has 2 amide bonds. The van der Waals surface area contributed by atoms with Crippen LogP contribution in [0, 0.1) is 11.8 Å². The average molecular weight is 364 g/mol. The second-order valence-electron chi connectivity index (χ2n) is 7.27. The first-order valence-electron chi connectivity index (χ1n) is 8.55. The number of esters is 1. The van der Waals surface area contributed by atoms with Gasteiger partial charge in [0, 0.05) is 0 Å². The Bertz CT molecular complexity index is 608. The number of hydroxylamine groups is 1. The molecule has 0 fully saturated rings. The van der Waals surface area contributed by atoms with Crippen molar-refractivity contribution in [1.29, 1.82) is 0 Å². The monoisotopic (exact) mass is 364 g/mol. The standard InChI is InChI=1S/C19H28N2O5/c1-13(2)16(17(23)20-11-15(22)26-19(3,4)5)18(24)21-25-12-14-9-7-6-8-10-14/h6-10,13,16H,11-12H2,1-5H3,(H,20,23)(H,21,24). The van der Waals surface area contributed by atoms with E-state index in [1.54, 1.807) is 34.6 Å². The molecule has 7 nitrogen and oxygen atoms in total. The van der Waals surface area contributed by atoms with E-state index in [0.29, 0.717) is 0 Å². The van der Waals surface area contributed by atoms with Crippen LogP contribution in [0.4, 0.5) is 0 Å². The van der Waals surface area contributed by atoms with Gasteiger partial charge >= 0.3 is 5.97 Å². The SMILES string of the molecule is CC(C)C(C(=O)NCC(=O)OC(C)(C)C)C(=O)NOCc1ccccc1. The van der Waals surface area contributed by atoms with Crippen molar-refractivity contribution in [2.75, 3.05) is 6.54 Å². The van der Waals surface area contributed by atoms with Gasteiger partial charge in [0.2, 0.25) is 5.91 Å². The fourth-order valence-electron chi connectivity index (χ4n) is 2.20. The van der Waals surface area contributed by atoms with Crippen LogP contribution >= 0.6 is 0 Å². The Kier molecular flexibility index (Phi) is 8.25. The predicted octanol–water partition coefficient (Wildman–Crippen LogP) is 1.96. The van der Waals surface area contributed by atoms with E-state index in [2.05, 4.69) is 10.8 Å². The van der Waals surface area contributed by atoms with Crippen LogP contribution in [0.2, 0.25) is 0 Å². The van der Waals surface area contributed by atoms with E-state index in [1.807, 2.05) is 30.3 Å². The van der Waals surface area contributed by atoms with Gasteiger partial charge in [0.05, 0.1) is 6.61 Å². The molecule has 1 rings (SSSR count). The van der Waals surface area contributed by atoms with Gasteiger partial charge in [0.25, 0.3) is 5.91 Å². The summed E-state index contributed by atoms with van der Waals surface area (Å²) in [6.45, 7) is 8.60. The van der Waals surface area contributed by atoms with E-state index in [9.17, 15) is 14.4 Å². The largest absolute Gasteiger partial charge is 0.459 e. The molecule has 0 spiro atoms. The topological polar surface area (TPSA) is 93.7 Å². The smallest absolute Gasteiger partial charge is 0.325 e. The number of hydrogen-bond acceptors (Lipinski definition) is 5. The van der Waals surface area contributed by atoms with Crippen LogP contribution in [0.15, 0.2) is 30.3 Å². The molecule has 0 aliphatic carbocycles. The second kappa shape index (κ2) is 9.91. The molecule has 0 radical (unpaired) electrons. The first kappa shape index (κ1) is 21.6. The fraction of sp³-hybridized carbons (Fsp3) is 0.526. The Hall–Kier alpha value is -2.41. The zero-order valence-electron chi connectivity index (χ0n) is 16.0.